The van der Waals surface area contributed by atoms with Crippen LogP contribution in [-0.2, 0) is 9.53 Å². The summed E-state index contributed by atoms with van der Waals surface area (Å²) >= 11 is 4.91. The molecule has 1 N–H and O–H groups in total. The summed E-state index contributed by atoms with van der Waals surface area (Å²) in [5, 5.41) is 5.53. The van der Waals surface area contributed by atoms with Gasteiger partial charge >= 0.3 is 0 Å². The number of hydrogen-bond donors (Lipinski definition) is 1. The lowest BCUT2D eigenvalue weighted by Gasteiger charge is -2.20. The van der Waals surface area contributed by atoms with Gasteiger partial charge in [-0.2, -0.15) is 0 Å². The second-order valence-corrected chi connectivity index (χ2v) is 6.70. The molecule has 1 aromatic carbocycles. The van der Waals surface area contributed by atoms with Crippen molar-refractivity contribution in [3.05, 3.63) is 34.1 Å². The molecule has 3 rings (SSSR count). The van der Waals surface area contributed by atoms with Gasteiger partial charge in [0.2, 0.25) is 5.91 Å². The summed E-state index contributed by atoms with van der Waals surface area (Å²) in [7, 11) is 0. The molecule has 0 saturated carbocycles. The Labute approximate surface area is 135 Å². The van der Waals surface area contributed by atoms with Gasteiger partial charge in [-0.25, -0.2) is 4.98 Å². The van der Waals surface area contributed by atoms with Crippen LogP contribution in [0.4, 0.5) is 5.13 Å². The summed E-state index contributed by atoms with van der Waals surface area (Å²) in [6, 6.07) is 7.96. The van der Waals surface area contributed by atoms with E-state index in [4.69, 9.17) is 4.74 Å². The van der Waals surface area contributed by atoms with Crippen LogP contribution in [0.1, 0.15) is 12.8 Å². The van der Waals surface area contributed by atoms with Gasteiger partial charge in [0.1, 0.15) is 0 Å². The van der Waals surface area contributed by atoms with Gasteiger partial charge in [-0.3, -0.25) is 4.79 Å². The minimum Gasteiger partial charge on any atom is -0.381 e. The molecule has 0 unspecified atom stereocenters. The maximum absolute atomic E-state index is 12.2. The molecule has 4 nitrogen and oxygen atoms in total. The van der Waals surface area contributed by atoms with Crippen molar-refractivity contribution in [2.75, 3.05) is 18.5 Å². The van der Waals surface area contributed by atoms with Gasteiger partial charge < -0.3 is 10.1 Å². The summed E-state index contributed by atoms with van der Waals surface area (Å²) in [5.74, 6) is 0.0883. The fraction of sp³-hybridized carbons (Fsp3) is 0.333. The van der Waals surface area contributed by atoms with E-state index in [9.17, 15) is 4.79 Å². The molecule has 1 aromatic heterocycles. The molecular formula is C15H15BrN2O2S. The SMILES string of the molecule is O=C(Nc1nc(-c2cccc(Br)c2)cs1)C1CCOCC1. The number of aromatic nitrogens is 1. The third kappa shape index (κ3) is 3.70. The number of anilines is 1. The van der Waals surface area contributed by atoms with E-state index in [-0.39, 0.29) is 11.8 Å². The number of carbonyl (C=O) groups is 1. The standard InChI is InChI=1S/C15H15BrN2O2S/c16-12-3-1-2-11(8-12)13-9-21-15(17-13)18-14(19)10-4-6-20-7-5-10/h1-3,8-10H,4-7H2,(H,17,18,19). The molecule has 1 aliphatic rings. The molecule has 21 heavy (non-hydrogen) atoms. The molecule has 0 radical (unpaired) electrons. The van der Waals surface area contributed by atoms with E-state index < -0.39 is 0 Å². The predicted octanol–water partition coefficient (Wildman–Crippen LogP) is 3.94. The van der Waals surface area contributed by atoms with Gasteiger partial charge in [0.25, 0.3) is 0 Å². The molecule has 0 atom stereocenters. The summed E-state index contributed by atoms with van der Waals surface area (Å²) in [5.41, 5.74) is 1.91. The van der Waals surface area contributed by atoms with Gasteiger partial charge in [-0.15, -0.1) is 11.3 Å². The largest absolute Gasteiger partial charge is 0.381 e. The zero-order valence-electron chi connectivity index (χ0n) is 11.3. The molecule has 0 bridgehead atoms. The van der Waals surface area contributed by atoms with Crippen LogP contribution in [0, 0.1) is 5.92 Å². The molecule has 110 valence electrons. The summed E-state index contributed by atoms with van der Waals surface area (Å²) in [4.78, 5) is 16.7. The first kappa shape index (κ1) is 14.7. The number of carbonyl (C=O) groups excluding carboxylic acids is 1. The van der Waals surface area contributed by atoms with Crippen LogP contribution in [0.2, 0.25) is 0 Å². The van der Waals surface area contributed by atoms with Gasteiger partial charge in [-0.1, -0.05) is 28.1 Å². The highest BCUT2D eigenvalue weighted by Gasteiger charge is 2.22. The fourth-order valence-electron chi connectivity index (χ4n) is 2.28. The summed E-state index contributed by atoms with van der Waals surface area (Å²) in [6.45, 7) is 1.33. The normalized spacial score (nSPS) is 15.9. The van der Waals surface area contributed by atoms with Crippen LogP contribution < -0.4 is 5.32 Å². The van der Waals surface area contributed by atoms with Crippen molar-refractivity contribution in [2.24, 2.45) is 5.92 Å². The summed E-state index contributed by atoms with van der Waals surface area (Å²) in [6.07, 6.45) is 1.57. The average Bonchev–Trinajstić information content (AvgIpc) is 2.97. The Morgan fingerprint density at radius 1 is 1.38 bits per heavy atom. The van der Waals surface area contributed by atoms with Crippen molar-refractivity contribution in [3.8, 4) is 11.3 Å². The second-order valence-electron chi connectivity index (χ2n) is 4.92. The molecule has 2 heterocycles. The number of halogens is 1. The van der Waals surface area contributed by atoms with E-state index in [0.717, 1.165) is 28.6 Å². The first-order valence-corrected chi connectivity index (χ1v) is 8.50. The molecule has 0 aliphatic carbocycles. The molecule has 1 saturated heterocycles. The number of ether oxygens (including phenoxy) is 1. The highest BCUT2D eigenvalue weighted by atomic mass is 79.9. The Morgan fingerprint density at radius 2 is 2.19 bits per heavy atom. The Balaban J connectivity index is 1.69. The van der Waals surface area contributed by atoms with E-state index in [1.807, 2.05) is 29.6 Å². The number of nitrogens with one attached hydrogen (secondary N) is 1. The number of amides is 1. The van der Waals surface area contributed by atoms with Gasteiger partial charge in [0.05, 0.1) is 5.69 Å². The molecule has 0 spiro atoms. The predicted molar refractivity (Wildman–Crippen MR) is 87.4 cm³/mol. The minimum absolute atomic E-state index is 0.0389. The van der Waals surface area contributed by atoms with E-state index in [1.54, 1.807) is 0 Å². The third-order valence-electron chi connectivity index (χ3n) is 3.45. The number of nitrogens with zero attached hydrogens (tertiary/aromatic N) is 1. The Bertz CT molecular complexity index is 638. The molecule has 1 aliphatic heterocycles. The molecule has 1 amide bonds. The van der Waals surface area contributed by atoms with E-state index >= 15 is 0 Å². The Hall–Kier alpha value is -1.24. The topological polar surface area (TPSA) is 51.2 Å². The lowest BCUT2D eigenvalue weighted by atomic mass is 10.00. The van der Waals surface area contributed by atoms with Crippen LogP contribution in [0.15, 0.2) is 34.1 Å². The van der Waals surface area contributed by atoms with Crippen LogP contribution >= 0.6 is 27.3 Å². The first-order valence-electron chi connectivity index (χ1n) is 6.82. The fourth-order valence-corrected chi connectivity index (χ4v) is 3.40. The molecule has 1 fully saturated rings. The molecular weight excluding hydrogens is 352 g/mol. The number of rotatable bonds is 3. The lowest BCUT2D eigenvalue weighted by molar-refractivity contribution is -0.122. The number of hydrogen-bond acceptors (Lipinski definition) is 4. The van der Waals surface area contributed by atoms with Crippen LogP contribution in [0.25, 0.3) is 11.3 Å². The van der Waals surface area contributed by atoms with Crippen molar-refractivity contribution in [3.63, 3.8) is 0 Å². The quantitative estimate of drug-likeness (QED) is 0.894. The monoisotopic (exact) mass is 366 g/mol. The van der Waals surface area contributed by atoms with E-state index in [1.165, 1.54) is 11.3 Å². The minimum atomic E-state index is 0.0389. The van der Waals surface area contributed by atoms with Gasteiger partial charge in [-0.05, 0) is 25.0 Å². The molecule has 6 heteroatoms. The van der Waals surface area contributed by atoms with Crippen LogP contribution in [0.5, 0.6) is 0 Å². The van der Waals surface area contributed by atoms with E-state index in [0.29, 0.717) is 18.3 Å². The maximum atomic E-state index is 12.2. The lowest BCUT2D eigenvalue weighted by Crippen LogP contribution is -2.28. The first-order chi connectivity index (χ1) is 10.2. The second kappa shape index (κ2) is 6.68. The third-order valence-corrected chi connectivity index (χ3v) is 4.70. The Morgan fingerprint density at radius 3 is 2.95 bits per heavy atom. The van der Waals surface area contributed by atoms with Crippen molar-refractivity contribution in [1.29, 1.82) is 0 Å². The Kier molecular flexibility index (Phi) is 4.67. The zero-order chi connectivity index (χ0) is 14.7. The van der Waals surface area contributed by atoms with Gasteiger partial charge in [0, 0.05) is 34.5 Å². The van der Waals surface area contributed by atoms with Crippen molar-refractivity contribution in [2.45, 2.75) is 12.8 Å². The summed E-state index contributed by atoms with van der Waals surface area (Å²) < 4.78 is 6.29. The average molecular weight is 367 g/mol. The van der Waals surface area contributed by atoms with Crippen molar-refractivity contribution < 1.29 is 9.53 Å². The van der Waals surface area contributed by atoms with E-state index in [2.05, 4.69) is 26.2 Å². The van der Waals surface area contributed by atoms with Crippen LogP contribution in [0.3, 0.4) is 0 Å². The van der Waals surface area contributed by atoms with Gasteiger partial charge in [0.15, 0.2) is 5.13 Å². The molecule has 2 aromatic rings. The van der Waals surface area contributed by atoms with Crippen molar-refractivity contribution >= 4 is 38.3 Å². The number of thiazole rings is 1. The highest BCUT2D eigenvalue weighted by molar-refractivity contribution is 9.10. The van der Waals surface area contributed by atoms with Crippen molar-refractivity contribution in [1.82, 2.24) is 4.98 Å². The number of benzene rings is 1. The highest BCUT2D eigenvalue weighted by Crippen LogP contribution is 2.27. The smallest absolute Gasteiger partial charge is 0.229 e. The zero-order valence-corrected chi connectivity index (χ0v) is 13.7. The maximum Gasteiger partial charge on any atom is 0.229 e. The van der Waals surface area contributed by atoms with Crippen LogP contribution in [-0.4, -0.2) is 24.1 Å².